The fourth-order valence-electron chi connectivity index (χ4n) is 3.03. The number of halogens is 1. The van der Waals surface area contributed by atoms with Crippen molar-refractivity contribution in [3.63, 3.8) is 0 Å². The van der Waals surface area contributed by atoms with Gasteiger partial charge < -0.3 is 10.1 Å². The van der Waals surface area contributed by atoms with Crippen molar-refractivity contribution in [1.82, 2.24) is 4.90 Å². The summed E-state index contributed by atoms with van der Waals surface area (Å²) >= 11 is 3.48. The Balaban J connectivity index is 1.50. The number of benzene rings is 2. The normalized spacial score (nSPS) is 18.0. The van der Waals surface area contributed by atoms with Gasteiger partial charge in [-0.1, -0.05) is 28.1 Å². The Morgan fingerprint density at radius 1 is 1.25 bits per heavy atom. The summed E-state index contributed by atoms with van der Waals surface area (Å²) in [5.41, 5.74) is 1.64. The highest BCUT2D eigenvalue weighted by molar-refractivity contribution is 9.10. The number of rotatable bonds is 6. The van der Waals surface area contributed by atoms with E-state index in [9.17, 15) is 13.2 Å². The van der Waals surface area contributed by atoms with Gasteiger partial charge in [0.05, 0.1) is 17.6 Å². The molecule has 1 unspecified atom stereocenters. The van der Waals surface area contributed by atoms with E-state index >= 15 is 0 Å². The second-order valence-corrected chi connectivity index (χ2v) is 9.06. The maximum absolute atomic E-state index is 12.2. The van der Waals surface area contributed by atoms with Crippen LogP contribution < -0.4 is 10.5 Å². The maximum Gasteiger partial charge on any atom is 0.238 e. The first-order valence-corrected chi connectivity index (χ1v) is 11.2. The number of nitrogens with zero attached hydrogens (tertiary/aromatic N) is 1. The number of morpholine rings is 1. The van der Waals surface area contributed by atoms with Crippen molar-refractivity contribution in [3.8, 4) is 0 Å². The van der Waals surface area contributed by atoms with Crippen LogP contribution in [-0.4, -0.2) is 45.5 Å². The summed E-state index contributed by atoms with van der Waals surface area (Å²) in [5.74, 6) is -0.131. The number of carbonyl (C=O) groups excluding carboxylic acids is 1. The van der Waals surface area contributed by atoms with Gasteiger partial charge in [0.15, 0.2) is 0 Å². The number of carbonyl (C=O) groups is 1. The molecule has 9 heteroatoms. The molecule has 2 aromatic rings. The molecule has 0 aliphatic carbocycles. The minimum Gasteiger partial charge on any atom is -0.371 e. The second kappa shape index (κ2) is 9.15. The summed E-state index contributed by atoms with van der Waals surface area (Å²) in [4.78, 5) is 14.4. The molecule has 7 nitrogen and oxygen atoms in total. The van der Waals surface area contributed by atoms with E-state index < -0.39 is 10.0 Å². The van der Waals surface area contributed by atoms with Crippen LogP contribution in [0.1, 0.15) is 18.1 Å². The van der Waals surface area contributed by atoms with Crippen molar-refractivity contribution in [2.75, 3.05) is 31.6 Å². The van der Waals surface area contributed by atoms with Crippen molar-refractivity contribution in [2.24, 2.45) is 5.14 Å². The van der Waals surface area contributed by atoms with E-state index in [4.69, 9.17) is 9.88 Å². The van der Waals surface area contributed by atoms with E-state index in [1.54, 1.807) is 0 Å². The van der Waals surface area contributed by atoms with Gasteiger partial charge in [-0.15, -0.1) is 0 Å². The molecule has 0 saturated carbocycles. The first kappa shape index (κ1) is 20.9. The summed E-state index contributed by atoms with van der Waals surface area (Å²) in [6, 6.07) is 13.8. The number of sulfonamides is 1. The van der Waals surface area contributed by atoms with E-state index in [2.05, 4.69) is 26.1 Å². The number of nitrogens with one attached hydrogen (secondary N) is 1. The molecule has 0 radical (unpaired) electrons. The van der Waals surface area contributed by atoms with Gasteiger partial charge in [-0.05, 0) is 42.0 Å². The van der Waals surface area contributed by atoms with E-state index in [1.807, 2.05) is 24.3 Å². The van der Waals surface area contributed by atoms with E-state index in [0.29, 0.717) is 25.3 Å². The van der Waals surface area contributed by atoms with Gasteiger partial charge in [0.1, 0.15) is 0 Å². The zero-order chi connectivity index (χ0) is 20.1. The van der Waals surface area contributed by atoms with Crippen LogP contribution in [0.3, 0.4) is 0 Å². The number of primary sulfonamides is 1. The fraction of sp³-hybridized carbons (Fsp3) is 0.316. The summed E-state index contributed by atoms with van der Waals surface area (Å²) in [6.45, 7) is 2.75. The highest BCUT2D eigenvalue weighted by Crippen LogP contribution is 2.24. The van der Waals surface area contributed by atoms with Gasteiger partial charge in [0.2, 0.25) is 15.9 Å². The average molecular weight is 468 g/mol. The molecule has 0 spiro atoms. The first-order chi connectivity index (χ1) is 13.3. The predicted octanol–water partition coefficient (Wildman–Crippen LogP) is 2.50. The van der Waals surface area contributed by atoms with Crippen LogP contribution in [0.5, 0.6) is 0 Å². The molecule has 0 bridgehead atoms. The van der Waals surface area contributed by atoms with E-state index in [1.165, 1.54) is 24.3 Å². The molecule has 1 atom stereocenters. The Kier molecular flexibility index (Phi) is 6.84. The lowest BCUT2D eigenvalue weighted by Crippen LogP contribution is -2.39. The SMILES string of the molecule is NS(=O)(=O)c1ccc(NC(=O)CCN2CCOC(c3cccc(Br)c3)C2)cc1. The van der Waals surface area contributed by atoms with Crippen LogP contribution in [0.25, 0.3) is 0 Å². The fourth-order valence-corrected chi connectivity index (χ4v) is 3.96. The van der Waals surface area contributed by atoms with Gasteiger partial charge >= 0.3 is 0 Å². The van der Waals surface area contributed by atoms with Gasteiger partial charge in [0, 0.05) is 36.2 Å². The minimum absolute atomic E-state index is 0.0115. The summed E-state index contributed by atoms with van der Waals surface area (Å²) in [7, 11) is -3.74. The highest BCUT2D eigenvalue weighted by atomic mass is 79.9. The Morgan fingerprint density at radius 3 is 2.68 bits per heavy atom. The predicted molar refractivity (Wildman–Crippen MR) is 110 cm³/mol. The topological polar surface area (TPSA) is 102 Å². The van der Waals surface area contributed by atoms with E-state index in [-0.39, 0.29) is 16.9 Å². The number of hydrogen-bond acceptors (Lipinski definition) is 5. The zero-order valence-electron chi connectivity index (χ0n) is 15.2. The number of amides is 1. The smallest absolute Gasteiger partial charge is 0.238 e. The minimum atomic E-state index is -3.74. The average Bonchev–Trinajstić information content (AvgIpc) is 2.66. The molecule has 0 aromatic heterocycles. The zero-order valence-corrected chi connectivity index (χ0v) is 17.6. The lowest BCUT2D eigenvalue weighted by atomic mass is 10.1. The maximum atomic E-state index is 12.2. The lowest BCUT2D eigenvalue weighted by Gasteiger charge is -2.33. The molecule has 1 aliphatic rings. The van der Waals surface area contributed by atoms with Crippen LogP contribution >= 0.6 is 15.9 Å². The van der Waals surface area contributed by atoms with Gasteiger partial charge in [-0.2, -0.15) is 0 Å². The summed E-state index contributed by atoms with van der Waals surface area (Å²) < 4.78 is 29.4. The first-order valence-electron chi connectivity index (χ1n) is 8.83. The molecule has 1 heterocycles. The number of nitrogens with two attached hydrogens (primary N) is 1. The van der Waals surface area contributed by atoms with Crippen LogP contribution in [-0.2, 0) is 19.6 Å². The lowest BCUT2D eigenvalue weighted by molar-refractivity contribution is -0.117. The molecular formula is C19H22BrN3O4S. The Labute approximate surface area is 173 Å². The molecule has 1 saturated heterocycles. The molecule has 150 valence electrons. The Morgan fingerprint density at radius 2 is 2.00 bits per heavy atom. The molecule has 1 aliphatic heterocycles. The molecule has 3 N–H and O–H groups in total. The second-order valence-electron chi connectivity index (χ2n) is 6.58. The quantitative estimate of drug-likeness (QED) is 0.679. The van der Waals surface area contributed by atoms with Crippen molar-refractivity contribution in [3.05, 3.63) is 58.6 Å². The van der Waals surface area contributed by atoms with Crippen molar-refractivity contribution >= 4 is 37.5 Å². The van der Waals surface area contributed by atoms with Crippen LogP contribution in [0.15, 0.2) is 57.9 Å². The molecule has 2 aromatic carbocycles. The number of ether oxygens (including phenoxy) is 1. The van der Waals surface area contributed by atoms with Crippen LogP contribution in [0.2, 0.25) is 0 Å². The van der Waals surface area contributed by atoms with Gasteiger partial charge in [-0.3, -0.25) is 9.69 Å². The van der Waals surface area contributed by atoms with E-state index in [0.717, 1.165) is 23.1 Å². The van der Waals surface area contributed by atoms with Crippen LogP contribution in [0, 0.1) is 0 Å². The Hall–Kier alpha value is -1.78. The van der Waals surface area contributed by atoms with Crippen molar-refractivity contribution in [2.45, 2.75) is 17.4 Å². The number of hydrogen-bond donors (Lipinski definition) is 2. The Bertz CT molecular complexity index is 934. The van der Waals surface area contributed by atoms with Crippen molar-refractivity contribution in [1.29, 1.82) is 0 Å². The van der Waals surface area contributed by atoms with Gasteiger partial charge in [0.25, 0.3) is 0 Å². The molecule has 3 rings (SSSR count). The summed E-state index contributed by atoms with van der Waals surface area (Å²) in [5, 5.41) is 7.84. The molecule has 1 amide bonds. The third-order valence-electron chi connectivity index (χ3n) is 4.49. The molecule has 28 heavy (non-hydrogen) atoms. The largest absolute Gasteiger partial charge is 0.371 e. The monoisotopic (exact) mass is 467 g/mol. The molecular weight excluding hydrogens is 446 g/mol. The third kappa shape index (κ3) is 5.86. The van der Waals surface area contributed by atoms with Crippen molar-refractivity contribution < 1.29 is 17.9 Å². The third-order valence-corrected chi connectivity index (χ3v) is 5.92. The summed E-state index contributed by atoms with van der Waals surface area (Å²) in [6.07, 6.45) is 0.322. The van der Waals surface area contributed by atoms with Gasteiger partial charge in [-0.25, -0.2) is 13.6 Å². The van der Waals surface area contributed by atoms with Crippen LogP contribution in [0.4, 0.5) is 5.69 Å². The highest BCUT2D eigenvalue weighted by Gasteiger charge is 2.22. The standard InChI is InChI=1S/C19H22BrN3O4S/c20-15-3-1-2-14(12-15)18-13-23(10-11-27-18)9-8-19(24)22-16-4-6-17(7-5-16)28(21,25)26/h1-7,12,18H,8-11,13H2,(H,22,24)(H2,21,25,26). The molecule has 1 fully saturated rings. The number of anilines is 1.